The zero-order chi connectivity index (χ0) is 12.4. The summed E-state index contributed by atoms with van der Waals surface area (Å²) in [5, 5.41) is 0. The van der Waals surface area contributed by atoms with Gasteiger partial charge in [0, 0.05) is 18.0 Å². The third kappa shape index (κ3) is 2.25. The molecule has 2 N–H and O–H groups in total. The molecule has 2 rings (SSSR count). The minimum Gasteiger partial charge on any atom is -0.368 e. The van der Waals surface area contributed by atoms with Crippen molar-refractivity contribution in [3.8, 4) is 11.1 Å². The van der Waals surface area contributed by atoms with Crippen molar-refractivity contribution >= 4 is 5.95 Å². The maximum atomic E-state index is 13.8. The van der Waals surface area contributed by atoms with Gasteiger partial charge in [0.1, 0.15) is 5.82 Å². The van der Waals surface area contributed by atoms with Crippen LogP contribution in [0.5, 0.6) is 0 Å². The molecule has 2 aromatic rings. The molecule has 0 aliphatic heterocycles. The van der Waals surface area contributed by atoms with Gasteiger partial charge in [0.25, 0.3) is 0 Å². The third-order valence-corrected chi connectivity index (χ3v) is 2.68. The summed E-state index contributed by atoms with van der Waals surface area (Å²) in [6, 6.07) is 3.48. The molecule has 0 aliphatic carbocycles. The van der Waals surface area contributed by atoms with Gasteiger partial charge in [-0.1, -0.05) is 13.0 Å². The van der Waals surface area contributed by atoms with E-state index in [0.29, 0.717) is 12.0 Å². The number of hydrogen-bond donors (Lipinski definition) is 1. The molecule has 88 valence electrons. The summed E-state index contributed by atoms with van der Waals surface area (Å²) in [6.45, 7) is 3.79. The quantitative estimate of drug-likeness (QED) is 0.864. The van der Waals surface area contributed by atoms with Crippen LogP contribution >= 0.6 is 0 Å². The molecule has 1 aromatic heterocycles. The molecule has 17 heavy (non-hydrogen) atoms. The van der Waals surface area contributed by atoms with Crippen LogP contribution in [-0.2, 0) is 6.42 Å². The van der Waals surface area contributed by atoms with Crippen LogP contribution in [0.15, 0.2) is 24.5 Å². The highest BCUT2D eigenvalue weighted by molar-refractivity contribution is 5.67. The Labute approximate surface area is 99.5 Å². The van der Waals surface area contributed by atoms with E-state index in [4.69, 9.17) is 5.73 Å². The summed E-state index contributed by atoms with van der Waals surface area (Å²) < 4.78 is 13.8. The van der Waals surface area contributed by atoms with E-state index in [9.17, 15) is 4.39 Å². The zero-order valence-corrected chi connectivity index (χ0v) is 9.87. The van der Waals surface area contributed by atoms with E-state index in [1.807, 2.05) is 19.9 Å². The third-order valence-electron chi connectivity index (χ3n) is 2.68. The van der Waals surface area contributed by atoms with Crippen molar-refractivity contribution in [3.05, 3.63) is 41.5 Å². The molecule has 0 amide bonds. The van der Waals surface area contributed by atoms with Crippen LogP contribution < -0.4 is 5.73 Å². The summed E-state index contributed by atoms with van der Waals surface area (Å²) in [7, 11) is 0. The minimum atomic E-state index is -0.181. The fourth-order valence-corrected chi connectivity index (χ4v) is 1.87. The summed E-state index contributed by atoms with van der Waals surface area (Å²) in [5.74, 6) is 0.0410. The molecule has 0 aliphatic rings. The summed E-state index contributed by atoms with van der Waals surface area (Å²) in [5.41, 5.74) is 8.63. The van der Waals surface area contributed by atoms with Crippen LogP contribution in [0.1, 0.15) is 18.1 Å². The van der Waals surface area contributed by atoms with Gasteiger partial charge < -0.3 is 5.73 Å². The number of nitrogen functional groups attached to an aromatic ring is 1. The highest BCUT2D eigenvalue weighted by Crippen LogP contribution is 2.27. The molecule has 0 unspecified atom stereocenters. The average molecular weight is 231 g/mol. The van der Waals surface area contributed by atoms with Gasteiger partial charge in [-0.15, -0.1) is 0 Å². The number of aryl methyl sites for hydroxylation is 1. The predicted octanol–water partition coefficient (Wildman–Crippen LogP) is 2.74. The van der Waals surface area contributed by atoms with Gasteiger partial charge in [0.2, 0.25) is 5.95 Å². The zero-order valence-electron chi connectivity index (χ0n) is 9.87. The lowest BCUT2D eigenvalue weighted by Gasteiger charge is -2.10. The first kappa shape index (κ1) is 11.5. The van der Waals surface area contributed by atoms with E-state index in [1.54, 1.807) is 18.5 Å². The molecule has 0 saturated heterocycles. The van der Waals surface area contributed by atoms with Crippen molar-refractivity contribution in [2.45, 2.75) is 20.3 Å². The second-order valence-electron chi connectivity index (χ2n) is 3.96. The lowest BCUT2D eigenvalue weighted by molar-refractivity contribution is 0.612. The lowest BCUT2D eigenvalue weighted by atomic mass is 9.97. The number of nitrogens with two attached hydrogens (primary N) is 1. The Kier molecular flexibility index (Phi) is 3.04. The Bertz CT molecular complexity index is 535. The van der Waals surface area contributed by atoms with Gasteiger partial charge in [0.05, 0.1) is 0 Å². The number of anilines is 1. The number of benzene rings is 1. The molecule has 0 bridgehead atoms. The van der Waals surface area contributed by atoms with Gasteiger partial charge in [-0.3, -0.25) is 0 Å². The fraction of sp³-hybridized carbons (Fsp3) is 0.231. The second kappa shape index (κ2) is 4.49. The largest absolute Gasteiger partial charge is 0.368 e. The van der Waals surface area contributed by atoms with E-state index in [0.717, 1.165) is 16.7 Å². The predicted molar refractivity (Wildman–Crippen MR) is 66.0 cm³/mol. The van der Waals surface area contributed by atoms with Crippen LogP contribution in [0, 0.1) is 12.7 Å². The Morgan fingerprint density at radius 2 is 1.88 bits per heavy atom. The maximum Gasteiger partial charge on any atom is 0.219 e. The van der Waals surface area contributed by atoms with Crippen LogP contribution in [0.4, 0.5) is 10.3 Å². The normalized spacial score (nSPS) is 10.5. The van der Waals surface area contributed by atoms with Crippen molar-refractivity contribution in [1.82, 2.24) is 9.97 Å². The molecule has 1 heterocycles. The smallest absolute Gasteiger partial charge is 0.219 e. The van der Waals surface area contributed by atoms with Crippen molar-refractivity contribution in [2.75, 3.05) is 5.73 Å². The van der Waals surface area contributed by atoms with Crippen LogP contribution in [0.25, 0.3) is 11.1 Å². The molecular formula is C13H14FN3. The molecule has 0 spiro atoms. The average Bonchev–Trinajstić information content (AvgIpc) is 2.29. The Balaban J connectivity index is 2.61. The molecular weight excluding hydrogens is 217 g/mol. The van der Waals surface area contributed by atoms with Crippen LogP contribution in [0.2, 0.25) is 0 Å². The van der Waals surface area contributed by atoms with Crippen molar-refractivity contribution < 1.29 is 4.39 Å². The summed E-state index contributed by atoms with van der Waals surface area (Å²) in [6.07, 6.45) is 3.87. The molecule has 0 saturated carbocycles. The maximum absolute atomic E-state index is 13.8. The van der Waals surface area contributed by atoms with E-state index in [-0.39, 0.29) is 11.8 Å². The molecule has 0 atom stereocenters. The highest BCUT2D eigenvalue weighted by atomic mass is 19.1. The Hall–Kier alpha value is -1.97. The van der Waals surface area contributed by atoms with Crippen molar-refractivity contribution in [3.63, 3.8) is 0 Å². The van der Waals surface area contributed by atoms with Gasteiger partial charge in [-0.25, -0.2) is 14.4 Å². The minimum absolute atomic E-state index is 0.181. The lowest BCUT2D eigenvalue weighted by Crippen LogP contribution is -1.98. The van der Waals surface area contributed by atoms with Crippen LogP contribution in [0.3, 0.4) is 0 Å². The number of rotatable bonds is 2. The first-order valence-corrected chi connectivity index (χ1v) is 5.48. The van der Waals surface area contributed by atoms with Gasteiger partial charge in [-0.05, 0) is 36.1 Å². The Morgan fingerprint density at radius 1 is 1.24 bits per heavy atom. The molecule has 0 fully saturated rings. The SMILES string of the molecule is CCc1c(F)cc(C)cc1-c1cnc(N)nc1. The standard InChI is InChI=1S/C13H14FN3/c1-3-10-11(4-8(2)5-12(10)14)9-6-16-13(15)17-7-9/h4-7H,3H2,1-2H3,(H2,15,16,17). The van der Waals surface area contributed by atoms with Gasteiger partial charge in [0.15, 0.2) is 0 Å². The van der Waals surface area contributed by atoms with E-state index in [2.05, 4.69) is 9.97 Å². The summed E-state index contributed by atoms with van der Waals surface area (Å²) >= 11 is 0. The first-order chi connectivity index (χ1) is 8.11. The van der Waals surface area contributed by atoms with E-state index >= 15 is 0 Å². The second-order valence-corrected chi connectivity index (χ2v) is 3.96. The number of aromatic nitrogens is 2. The molecule has 3 nitrogen and oxygen atoms in total. The Morgan fingerprint density at radius 3 is 2.47 bits per heavy atom. The van der Waals surface area contributed by atoms with Crippen molar-refractivity contribution in [2.24, 2.45) is 0 Å². The first-order valence-electron chi connectivity index (χ1n) is 5.48. The summed E-state index contributed by atoms with van der Waals surface area (Å²) in [4.78, 5) is 7.87. The molecule has 0 radical (unpaired) electrons. The van der Waals surface area contributed by atoms with Gasteiger partial charge in [-0.2, -0.15) is 0 Å². The van der Waals surface area contributed by atoms with E-state index < -0.39 is 0 Å². The number of hydrogen-bond acceptors (Lipinski definition) is 3. The van der Waals surface area contributed by atoms with E-state index in [1.165, 1.54) is 0 Å². The molecule has 4 heteroatoms. The van der Waals surface area contributed by atoms with Crippen LogP contribution in [-0.4, -0.2) is 9.97 Å². The monoisotopic (exact) mass is 231 g/mol. The van der Waals surface area contributed by atoms with Gasteiger partial charge >= 0.3 is 0 Å². The number of nitrogens with zero attached hydrogens (tertiary/aromatic N) is 2. The fourth-order valence-electron chi connectivity index (χ4n) is 1.87. The molecule has 1 aromatic carbocycles. The van der Waals surface area contributed by atoms with Crippen molar-refractivity contribution in [1.29, 1.82) is 0 Å². The number of halogens is 1. The highest BCUT2D eigenvalue weighted by Gasteiger charge is 2.10. The topological polar surface area (TPSA) is 51.8 Å².